The zero-order chi connectivity index (χ0) is 11.6. The second kappa shape index (κ2) is 5.14. The summed E-state index contributed by atoms with van der Waals surface area (Å²) in [6.45, 7) is 0. The van der Waals surface area contributed by atoms with E-state index in [9.17, 15) is 0 Å². The summed E-state index contributed by atoms with van der Waals surface area (Å²) < 4.78 is 6.89. The van der Waals surface area contributed by atoms with Crippen molar-refractivity contribution in [2.75, 3.05) is 7.11 Å². The molecule has 0 radical (unpaired) electrons. The van der Waals surface area contributed by atoms with Crippen LogP contribution in [0.1, 0.15) is 36.6 Å². The zero-order valence-corrected chi connectivity index (χ0v) is 11.7. The van der Waals surface area contributed by atoms with Crippen molar-refractivity contribution in [3.63, 3.8) is 0 Å². The van der Waals surface area contributed by atoms with Crippen LogP contribution in [0.15, 0.2) is 15.9 Å². The molecule has 1 saturated carbocycles. The van der Waals surface area contributed by atoms with Crippen LogP contribution < -0.4 is 11.3 Å². The summed E-state index contributed by atoms with van der Waals surface area (Å²) in [7, 11) is 1.79. The lowest BCUT2D eigenvalue weighted by molar-refractivity contribution is -0.0360. The molecular weight excluding hydrogens is 288 g/mol. The Labute approximate surface area is 108 Å². The van der Waals surface area contributed by atoms with E-state index in [0.29, 0.717) is 0 Å². The molecule has 1 fully saturated rings. The van der Waals surface area contributed by atoms with Gasteiger partial charge in [0.2, 0.25) is 0 Å². The molecule has 0 aliphatic heterocycles. The van der Waals surface area contributed by atoms with Gasteiger partial charge < -0.3 is 4.74 Å². The van der Waals surface area contributed by atoms with Crippen molar-refractivity contribution in [3.05, 3.63) is 20.8 Å². The third kappa shape index (κ3) is 2.07. The summed E-state index contributed by atoms with van der Waals surface area (Å²) >= 11 is 5.28. The Hall–Kier alpha value is 0.0600. The largest absolute Gasteiger partial charge is 0.376 e. The van der Waals surface area contributed by atoms with Gasteiger partial charge in [-0.3, -0.25) is 5.84 Å². The summed E-state index contributed by atoms with van der Waals surface area (Å²) in [4.78, 5) is 1.23. The average Bonchev–Trinajstić information content (AvgIpc) is 2.91. The van der Waals surface area contributed by atoms with Gasteiger partial charge in [0, 0.05) is 16.5 Å². The smallest absolute Gasteiger partial charge is 0.0893 e. The first-order chi connectivity index (χ1) is 7.73. The first kappa shape index (κ1) is 12.5. The molecule has 0 amide bonds. The minimum atomic E-state index is -0.137. The molecule has 0 spiro atoms. The lowest BCUT2D eigenvalue weighted by Crippen LogP contribution is -2.46. The Morgan fingerprint density at radius 2 is 2.25 bits per heavy atom. The molecule has 90 valence electrons. The van der Waals surface area contributed by atoms with E-state index >= 15 is 0 Å². The number of rotatable bonds is 4. The molecule has 2 rings (SSSR count). The van der Waals surface area contributed by atoms with Crippen LogP contribution in [0.2, 0.25) is 0 Å². The Kier molecular flexibility index (Phi) is 4.02. The molecule has 0 saturated heterocycles. The van der Waals surface area contributed by atoms with Gasteiger partial charge >= 0.3 is 0 Å². The summed E-state index contributed by atoms with van der Waals surface area (Å²) in [5.41, 5.74) is 2.80. The first-order valence-corrected chi connectivity index (χ1v) is 7.15. The lowest BCUT2D eigenvalue weighted by Gasteiger charge is -2.35. The number of hydrogen-bond donors (Lipinski definition) is 2. The van der Waals surface area contributed by atoms with Crippen molar-refractivity contribution < 1.29 is 4.74 Å². The predicted octanol–water partition coefficient (Wildman–Crippen LogP) is 2.97. The number of hydrogen-bond acceptors (Lipinski definition) is 4. The number of nitrogens with one attached hydrogen (secondary N) is 1. The van der Waals surface area contributed by atoms with Gasteiger partial charge in [-0.15, -0.1) is 11.3 Å². The van der Waals surface area contributed by atoms with Crippen LogP contribution in [0.4, 0.5) is 0 Å². The van der Waals surface area contributed by atoms with Crippen molar-refractivity contribution in [1.82, 2.24) is 5.43 Å². The van der Waals surface area contributed by atoms with Crippen molar-refractivity contribution in [2.24, 2.45) is 5.84 Å². The van der Waals surface area contributed by atoms with Gasteiger partial charge in [0.1, 0.15) is 0 Å². The fourth-order valence-electron chi connectivity index (χ4n) is 2.56. The number of ether oxygens (including phenoxy) is 1. The fourth-order valence-corrected chi connectivity index (χ4v) is 4.33. The minimum absolute atomic E-state index is 0.0781. The minimum Gasteiger partial charge on any atom is -0.376 e. The summed E-state index contributed by atoms with van der Waals surface area (Å²) in [6, 6.07) is 2.14. The predicted molar refractivity (Wildman–Crippen MR) is 70.3 cm³/mol. The highest BCUT2D eigenvalue weighted by Gasteiger charge is 2.43. The molecule has 1 atom stereocenters. The van der Waals surface area contributed by atoms with E-state index < -0.39 is 0 Å². The Morgan fingerprint density at radius 1 is 1.56 bits per heavy atom. The molecule has 0 aromatic carbocycles. The van der Waals surface area contributed by atoms with E-state index in [1.165, 1.54) is 17.7 Å². The Balaban J connectivity index is 2.31. The average molecular weight is 305 g/mol. The maximum Gasteiger partial charge on any atom is 0.0893 e. The van der Waals surface area contributed by atoms with E-state index in [4.69, 9.17) is 10.6 Å². The molecule has 1 aromatic heterocycles. The number of hydrazine groups is 1. The molecule has 16 heavy (non-hydrogen) atoms. The molecule has 1 aliphatic carbocycles. The molecule has 3 nitrogen and oxygen atoms in total. The molecule has 1 unspecified atom stereocenters. The maximum atomic E-state index is 5.77. The number of halogens is 1. The van der Waals surface area contributed by atoms with Gasteiger partial charge in [0.25, 0.3) is 0 Å². The van der Waals surface area contributed by atoms with E-state index in [-0.39, 0.29) is 11.6 Å². The van der Waals surface area contributed by atoms with E-state index in [1.54, 1.807) is 18.4 Å². The van der Waals surface area contributed by atoms with Crippen LogP contribution >= 0.6 is 27.3 Å². The summed E-state index contributed by atoms with van der Waals surface area (Å²) in [6.07, 6.45) is 4.58. The van der Waals surface area contributed by atoms with E-state index in [1.807, 2.05) is 0 Å². The monoisotopic (exact) mass is 304 g/mol. The Morgan fingerprint density at radius 3 is 2.69 bits per heavy atom. The third-order valence-electron chi connectivity index (χ3n) is 3.46. The summed E-state index contributed by atoms with van der Waals surface area (Å²) in [5, 5.41) is 2.07. The number of thiophene rings is 1. The molecular formula is C11H17BrN2OS. The van der Waals surface area contributed by atoms with Gasteiger partial charge in [0.05, 0.1) is 11.6 Å². The second-order valence-electron chi connectivity index (χ2n) is 4.21. The molecule has 1 aliphatic rings. The normalized spacial score (nSPS) is 21.2. The van der Waals surface area contributed by atoms with Gasteiger partial charge in [0.15, 0.2) is 0 Å². The van der Waals surface area contributed by atoms with Gasteiger partial charge in [-0.05, 0) is 40.2 Å². The standard InChI is InChI=1S/C11H17BrN2OS/c1-15-11(5-2-3-6-11)10(14-13)9-8(12)4-7-16-9/h4,7,10,14H,2-3,5-6,13H2,1H3. The van der Waals surface area contributed by atoms with Crippen LogP contribution in [0, 0.1) is 0 Å². The van der Waals surface area contributed by atoms with E-state index in [2.05, 4.69) is 32.8 Å². The quantitative estimate of drug-likeness (QED) is 0.664. The van der Waals surface area contributed by atoms with Crippen molar-refractivity contribution in [3.8, 4) is 0 Å². The topological polar surface area (TPSA) is 47.3 Å². The highest BCUT2D eigenvalue weighted by atomic mass is 79.9. The zero-order valence-electron chi connectivity index (χ0n) is 9.33. The van der Waals surface area contributed by atoms with Crippen LogP contribution in [-0.4, -0.2) is 12.7 Å². The highest BCUT2D eigenvalue weighted by molar-refractivity contribution is 9.10. The van der Waals surface area contributed by atoms with Crippen molar-refractivity contribution in [1.29, 1.82) is 0 Å². The van der Waals surface area contributed by atoms with Gasteiger partial charge in [-0.25, -0.2) is 5.43 Å². The number of nitrogens with two attached hydrogens (primary N) is 1. The Bertz CT molecular complexity index is 350. The SMILES string of the molecule is COC1(C(NN)c2sccc2Br)CCCC1. The molecule has 3 N–H and O–H groups in total. The second-order valence-corrected chi connectivity index (χ2v) is 6.01. The lowest BCUT2D eigenvalue weighted by atomic mass is 9.91. The number of methoxy groups -OCH3 is 1. The van der Waals surface area contributed by atoms with Gasteiger partial charge in [-0.1, -0.05) is 12.8 Å². The third-order valence-corrected chi connectivity index (χ3v) is 5.39. The van der Waals surface area contributed by atoms with Crippen LogP contribution in [-0.2, 0) is 4.74 Å². The maximum absolute atomic E-state index is 5.77. The molecule has 1 heterocycles. The molecule has 1 aromatic rings. The van der Waals surface area contributed by atoms with Gasteiger partial charge in [-0.2, -0.15) is 0 Å². The van der Waals surface area contributed by atoms with Crippen LogP contribution in [0.5, 0.6) is 0 Å². The van der Waals surface area contributed by atoms with E-state index in [0.717, 1.165) is 17.3 Å². The van der Waals surface area contributed by atoms with Crippen molar-refractivity contribution in [2.45, 2.75) is 37.3 Å². The van der Waals surface area contributed by atoms with Crippen molar-refractivity contribution >= 4 is 27.3 Å². The fraction of sp³-hybridized carbons (Fsp3) is 0.636. The summed E-state index contributed by atoms with van der Waals surface area (Å²) in [5.74, 6) is 5.73. The van der Waals surface area contributed by atoms with Crippen LogP contribution in [0.3, 0.4) is 0 Å². The molecule has 5 heteroatoms. The highest BCUT2D eigenvalue weighted by Crippen LogP contribution is 2.45. The first-order valence-electron chi connectivity index (χ1n) is 5.47. The molecule has 0 bridgehead atoms. The van der Waals surface area contributed by atoms with Crippen LogP contribution in [0.25, 0.3) is 0 Å².